The first-order chi connectivity index (χ1) is 16.2. The molecule has 2 aliphatic rings. The molecule has 1 aliphatic heterocycles. The van der Waals surface area contributed by atoms with Crippen molar-refractivity contribution in [2.45, 2.75) is 25.7 Å². The number of nitrogens with one attached hydrogen (secondary N) is 1. The van der Waals surface area contributed by atoms with Gasteiger partial charge in [0.2, 0.25) is 11.9 Å². The van der Waals surface area contributed by atoms with Crippen LogP contribution in [0, 0.1) is 11.3 Å². The molecule has 0 atom stereocenters. The second-order valence-corrected chi connectivity index (χ2v) is 8.50. The number of nitriles is 1. The van der Waals surface area contributed by atoms with Crippen LogP contribution in [-0.4, -0.2) is 58.1 Å². The Bertz CT molecular complexity index is 1160. The lowest BCUT2D eigenvalue weighted by atomic mass is 9.95. The highest BCUT2D eigenvalue weighted by atomic mass is 16.2. The van der Waals surface area contributed by atoms with Crippen molar-refractivity contribution >= 4 is 17.7 Å². The number of nitrogens with zero attached hydrogens (tertiary/aromatic N) is 6. The largest absolute Gasteiger partial charge is 0.338 e. The highest BCUT2D eigenvalue weighted by molar-refractivity contribution is 5.93. The van der Waals surface area contributed by atoms with Crippen LogP contribution in [0.2, 0.25) is 0 Å². The number of hydrogen-bond acceptors (Lipinski definition) is 6. The Balaban J connectivity index is 1.33. The van der Waals surface area contributed by atoms with Crippen LogP contribution < -0.4 is 10.2 Å². The molecule has 0 bridgehead atoms. The first-order valence-electron chi connectivity index (χ1n) is 11.5. The molecule has 5 rings (SSSR count). The highest BCUT2D eigenvalue weighted by Crippen LogP contribution is 2.35. The average molecular weight is 442 g/mol. The van der Waals surface area contributed by atoms with E-state index >= 15 is 0 Å². The van der Waals surface area contributed by atoms with Gasteiger partial charge >= 0.3 is 0 Å². The zero-order valence-corrected chi connectivity index (χ0v) is 18.6. The Morgan fingerprint density at radius 1 is 1.00 bits per heavy atom. The molecule has 1 amide bonds. The fourth-order valence-electron chi connectivity index (χ4n) is 4.83. The van der Waals surface area contributed by atoms with Gasteiger partial charge in [-0.2, -0.15) is 5.26 Å². The molecular formula is C25H27N7O. The van der Waals surface area contributed by atoms with Crippen molar-refractivity contribution < 1.29 is 4.79 Å². The van der Waals surface area contributed by atoms with Crippen LogP contribution >= 0.6 is 0 Å². The van der Waals surface area contributed by atoms with Gasteiger partial charge in [0, 0.05) is 50.0 Å². The van der Waals surface area contributed by atoms with Crippen molar-refractivity contribution in [1.82, 2.24) is 19.4 Å². The number of amides is 1. The van der Waals surface area contributed by atoms with Gasteiger partial charge in [0.15, 0.2) is 0 Å². The fraction of sp³-hybridized carbons (Fsp3) is 0.360. The van der Waals surface area contributed by atoms with E-state index in [9.17, 15) is 10.1 Å². The van der Waals surface area contributed by atoms with Gasteiger partial charge in [-0.05, 0) is 49.4 Å². The molecule has 0 radical (unpaired) electrons. The van der Waals surface area contributed by atoms with E-state index in [-0.39, 0.29) is 5.91 Å². The normalized spacial score (nSPS) is 16.2. The zero-order chi connectivity index (χ0) is 22.6. The number of hydrogen-bond donors (Lipinski definition) is 1. The second-order valence-electron chi connectivity index (χ2n) is 8.50. The SMILES string of the molecule is N#Cc1c2c(n(-c3ccccc3)c1NC(=O)CN1CCN(c3ncccn3)CC1)CCCC2. The molecule has 1 aliphatic carbocycles. The molecule has 1 aromatic carbocycles. The minimum Gasteiger partial charge on any atom is -0.338 e. The van der Waals surface area contributed by atoms with E-state index in [2.05, 4.69) is 35.7 Å². The van der Waals surface area contributed by atoms with E-state index in [0.29, 0.717) is 17.9 Å². The summed E-state index contributed by atoms with van der Waals surface area (Å²) in [6.45, 7) is 3.35. The van der Waals surface area contributed by atoms with Crippen LogP contribution in [0.4, 0.5) is 11.8 Å². The lowest BCUT2D eigenvalue weighted by molar-refractivity contribution is -0.117. The van der Waals surface area contributed by atoms with Gasteiger partial charge in [-0.15, -0.1) is 0 Å². The van der Waals surface area contributed by atoms with Gasteiger partial charge in [-0.1, -0.05) is 18.2 Å². The summed E-state index contributed by atoms with van der Waals surface area (Å²) in [5.74, 6) is 1.24. The van der Waals surface area contributed by atoms with E-state index in [1.165, 1.54) is 0 Å². The number of fused-ring (bicyclic) bond motifs is 1. The number of rotatable bonds is 5. The van der Waals surface area contributed by atoms with Gasteiger partial charge in [0.05, 0.1) is 12.1 Å². The third-order valence-electron chi connectivity index (χ3n) is 6.43. The van der Waals surface area contributed by atoms with E-state index in [4.69, 9.17) is 0 Å². The predicted octanol–water partition coefficient (Wildman–Crippen LogP) is 2.78. The Hall–Kier alpha value is -3.70. The van der Waals surface area contributed by atoms with Gasteiger partial charge in [-0.25, -0.2) is 9.97 Å². The molecule has 1 saturated heterocycles. The van der Waals surface area contributed by atoms with Crippen molar-refractivity contribution in [1.29, 1.82) is 5.26 Å². The molecule has 8 heteroatoms. The molecule has 33 heavy (non-hydrogen) atoms. The molecule has 0 unspecified atom stereocenters. The molecule has 8 nitrogen and oxygen atoms in total. The Morgan fingerprint density at radius 3 is 2.45 bits per heavy atom. The van der Waals surface area contributed by atoms with Gasteiger partial charge in [0.1, 0.15) is 11.9 Å². The number of carbonyl (C=O) groups is 1. The smallest absolute Gasteiger partial charge is 0.239 e. The molecule has 2 aromatic heterocycles. The van der Waals surface area contributed by atoms with Gasteiger partial charge in [0.25, 0.3) is 0 Å². The highest BCUT2D eigenvalue weighted by Gasteiger charge is 2.27. The van der Waals surface area contributed by atoms with Gasteiger partial charge < -0.3 is 10.2 Å². The van der Waals surface area contributed by atoms with Crippen LogP contribution in [0.5, 0.6) is 0 Å². The Labute approximate surface area is 193 Å². The van der Waals surface area contributed by atoms with Crippen molar-refractivity contribution in [3.8, 4) is 11.8 Å². The topological polar surface area (TPSA) is 90.1 Å². The molecule has 3 aromatic rings. The van der Waals surface area contributed by atoms with Crippen molar-refractivity contribution in [3.05, 3.63) is 65.6 Å². The second kappa shape index (κ2) is 9.43. The number of carbonyl (C=O) groups excluding carboxylic acids is 1. The Kier molecular flexibility index (Phi) is 6.05. The maximum atomic E-state index is 13.1. The molecule has 168 valence electrons. The number of anilines is 2. The minimum absolute atomic E-state index is 0.0945. The summed E-state index contributed by atoms with van der Waals surface area (Å²) < 4.78 is 2.08. The van der Waals surface area contributed by atoms with E-state index in [1.54, 1.807) is 12.4 Å². The lowest BCUT2D eigenvalue weighted by Crippen LogP contribution is -2.49. The summed E-state index contributed by atoms with van der Waals surface area (Å²) >= 11 is 0. The van der Waals surface area contributed by atoms with Crippen molar-refractivity contribution in [2.24, 2.45) is 0 Å². The number of aromatic nitrogens is 3. The molecule has 1 fully saturated rings. The maximum Gasteiger partial charge on any atom is 0.239 e. The van der Waals surface area contributed by atoms with Crippen LogP contribution in [0.1, 0.15) is 29.7 Å². The summed E-state index contributed by atoms with van der Waals surface area (Å²) in [7, 11) is 0. The van der Waals surface area contributed by atoms with Crippen molar-refractivity contribution in [2.75, 3.05) is 42.9 Å². The number of piperazine rings is 1. The molecule has 0 spiro atoms. The summed E-state index contributed by atoms with van der Waals surface area (Å²) in [6.07, 6.45) is 7.45. The molecule has 3 heterocycles. The van der Waals surface area contributed by atoms with E-state index < -0.39 is 0 Å². The molecule has 1 N–H and O–H groups in total. The number of benzene rings is 1. The first-order valence-corrected chi connectivity index (χ1v) is 11.5. The molecule has 0 saturated carbocycles. The van der Waals surface area contributed by atoms with E-state index in [1.807, 2.05) is 36.4 Å². The summed E-state index contributed by atoms with van der Waals surface area (Å²) in [6, 6.07) is 14.2. The number of para-hydroxylation sites is 1. The average Bonchev–Trinajstić information content (AvgIpc) is 3.18. The minimum atomic E-state index is -0.0945. The summed E-state index contributed by atoms with van der Waals surface area (Å²) in [4.78, 5) is 26.0. The van der Waals surface area contributed by atoms with Crippen LogP contribution in [0.15, 0.2) is 48.8 Å². The third-order valence-corrected chi connectivity index (χ3v) is 6.43. The van der Waals surface area contributed by atoms with Crippen LogP contribution in [0.3, 0.4) is 0 Å². The summed E-state index contributed by atoms with van der Waals surface area (Å²) in [5.41, 5.74) is 3.81. The lowest BCUT2D eigenvalue weighted by Gasteiger charge is -2.34. The van der Waals surface area contributed by atoms with Gasteiger partial charge in [-0.3, -0.25) is 14.3 Å². The van der Waals surface area contributed by atoms with Crippen molar-refractivity contribution in [3.63, 3.8) is 0 Å². The Morgan fingerprint density at radius 2 is 1.73 bits per heavy atom. The summed E-state index contributed by atoms with van der Waals surface area (Å²) in [5, 5.41) is 13.1. The standard InChI is InChI=1S/C25H27N7O/c26-17-21-20-9-4-5-10-22(20)32(19-7-2-1-3-8-19)24(21)29-23(33)18-30-13-15-31(16-14-30)25-27-11-6-12-28-25/h1-3,6-8,11-12H,4-5,9-10,13-16,18H2,(H,29,33). The van der Waals surface area contributed by atoms with Crippen LogP contribution in [-0.2, 0) is 17.6 Å². The zero-order valence-electron chi connectivity index (χ0n) is 18.6. The quantitative estimate of drug-likeness (QED) is 0.655. The fourth-order valence-corrected chi connectivity index (χ4v) is 4.83. The predicted molar refractivity (Wildman–Crippen MR) is 126 cm³/mol. The first kappa shape index (κ1) is 21.2. The monoisotopic (exact) mass is 441 g/mol. The molecular weight excluding hydrogens is 414 g/mol. The third kappa shape index (κ3) is 4.32. The van der Waals surface area contributed by atoms with Crippen LogP contribution in [0.25, 0.3) is 5.69 Å². The van der Waals surface area contributed by atoms with E-state index in [0.717, 1.165) is 74.8 Å². The maximum absolute atomic E-state index is 13.1.